The van der Waals surface area contributed by atoms with Crippen molar-refractivity contribution < 1.29 is 9.53 Å². The number of para-hydroxylation sites is 1. The van der Waals surface area contributed by atoms with Gasteiger partial charge >= 0.3 is 6.03 Å². The molecule has 0 aromatic heterocycles. The second kappa shape index (κ2) is 8.07. The molecule has 2 amide bonds. The van der Waals surface area contributed by atoms with Crippen LogP contribution in [0, 0.1) is 0 Å². The predicted octanol–water partition coefficient (Wildman–Crippen LogP) is 3.37. The van der Waals surface area contributed by atoms with Crippen LogP contribution in [0.5, 0.6) is 0 Å². The summed E-state index contributed by atoms with van der Waals surface area (Å²) in [4.78, 5) is 14.1. The molecular formula is C17H20N2O2. The van der Waals surface area contributed by atoms with E-state index in [-0.39, 0.29) is 6.03 Å². The maximum atomic E-state index is 12.4. The highest BCUT2D eigenvalue weighted by Crippen LogP contribution is 2.09. The van der Waals surface area contributed by atoms with Gasteiger partial charge in [0.1, 0.15) is 0 Å². The molecule has 4 nitrogen and oxygen atoms in total. The Morgan fingerprint density at radius 3 is 2.29 bits per heavy atom. The minimum atomic E-state index is -0.123. The molecule has 2 aromatic carbocycles. The SMILES string of the molecule is COCCN(Cc1ccccc1)C(=O)Nc1ccccc1. The van der Waals surface area contributed by atoms with E-state index in [1.807, 2.05) is 60.7 Å². The lowest BCUT2D eigenvalue weighted by Gasteiger charge is -2.23. The molecule has 4 heteroatoms. The fraction of sp³-hybridized carbons (Fsp3) is 0.235. The molecule has 0 radical (unpaired) electrons. The Kier molecular flexibility index (Phi) is 5.79. The van der Waals surface area contributed by atoms with Crippen LogP contribution in [0.15, 0.2) is 60.7 Å². The summed E-state index contributed by atoms with van der Waals surface area (Å²) < 4.78 is 5.09. The monoisotopic (exact) mass is 284 g/mol. The second-order valence-corrected chi connectivity index (χ2v) is 4.70. The van der Waals surface area contributed by atoms with Crippen molar-refractivity contribution in [3.05, 3.63) is 66.2 Å². The van der Waals surface area contributed by atoms with Crippen molar-refractivity contribution in [2.24, 2.45) is 0 Å². The van der Waals surface area contributed by atoms with Crippen LogP contribution in [-0.4, -0.2) is 31.2 Å². The van der Waals surface area contributed by atoms with Crippen molar-refractivity contribution in [1.29, 1.82) is 0 Å². The maximum absolute atomic E-state index is 12.4. The summed E-state index contributed by atoms with van der Waals surface area (Å²) in [6.45, 7) is 1.61. The highest BCUT2D eigenvalue weighted by molar-refractivity contribution is 5.89. The van der Waals surface area contributed by atoms with Gasteiger partial charge < -0.3 is 15.0 Å². The molecule has 0 spiro atoms. The third kappa shape index (κ3) is 4.93. The highest BCUT2D eigenvalue weighted by Gasteiger charge is 2.13. The molecule has 0 saturated heterocycles. The molecule has 0 unspecified atom stereocenters. The molecule has 21 heavy (non-hydrogen) atoms. The van der Waals surface area contributed by atoms with E-state index in [0.717, 1.165) is 11.3 Å². The quantitative estimate of drug-likeness (QED) is 0.883. The Hall–Kier alpha value is -2.33. The lowest BCUT2D eigenvalue weighted by Crippen LogP contribution is -2.36. The van der Waals surface area contributed by atoms with Gasteiger partial charge in [0.05, 0.1) is 6.61 Å². The van der Waals surface area contributed by atoms with Crippen molar-refractivity contribution in [2.75, 3.05) is 25.6 Å². The Morgan fingerprint density at radius 2 is 1.67 bits per heavy atom. The van der Waals surface area contributed by atoms with Gasteiger partial charge in [0.2, 0.25) is 0 Å². The number of hydrogen-bond donors (Lipinski definition) is 1. The Labute approximate surface area is 125 Å². The van der Waals surface area contributed by atoms with Crippen LogP contribution in [-0.2, 0) is 11.3 Å². The van der Waals surface area contributed by atoms with Crippen molar-refractivity contribution >= 4 is 11.7 Å². The Morgan fingerprint density at radius 1 is 1.05 bits per heavy atom. The first kappa shape index (κ1) is 15.1. The number of methoxy groups -OCH3 is 1. The van der Waals surface area contributed by atoms with Gasteiger partial charge in [-0.3, -0.25) is 0 Å². The first-order valence-electron chi connectivity index (χ1n) is 6.93. The number of urea groups is 1. The summed E-state index contributed by atoms with van der Waals surface area (Å²) in [6, 6.07) is 19.3. The standard InChI is InChI=1S/C17H20N2O2/c1-21-13-12-19(14-15-8-4-2-5-9-15)17(20)18-16-10-6-3-7-11-16/h2-11H,12-14H2,1H3,(H,18,20). The largest absolute Gasteiger partial charge is 0.383 e. The number of carbonyl (C=O) groups is 1. The molecule has 0 aliphatic heterocycles. The summed E-state index contributed by atoms with van der Waals surface area (Å²) in [5.74, 6) is 0. The maximum Gasteiger partial charge on any atom is 0.322 e. The zero-order chi connectivity index (χ0) is 14.9. The van der Waals surface area contributed by atoms with Crippen molar-refractivity contribution in [3.8, 4) is 0 Å². The van der Waals surface area contributed by atoms with E-state index in [2.05, 4.69) is 5.32 Å². The fourth-order valence-corrected chi connectivity index (χ4v) is 1.98. The third-order valence-electron chi connectivity index (χ3n) is 3.09. The van der Waals surface area contributed by atoms with E-state index in [9.17, 15) is 4.79 Å². The average Bonchev–Trinajstić information content (AvgIpc) is 2.53. The van der Waals surface area contributed by atoms with E-state index < -0.39 is 0 Å². The van der Waals surface area contributed by atoms with Crippen molar-refractivity contribution in [3.63, 3.8) is 0 Å². The number of nitrogens with zero attached hydrogens (tertiary/aromatic N) is 1. The molecule has 110 valence electrons. The van der Waals surface area contributed by atoms with Gasteiger partial charge in [-0.1, -0.05) is 48.5 Å². The molecule has 0 saturated carbocycles. The van der Waals surface area contributed by atoms with Crippen LogP contribution in [0.1, 0.15) is 5.56 Å². The summed E-state index contributed by atoms with van der Waals surface area (Å²) >= 11 is 0. The summed E-state index contributed by atoms with van der Waals surface area (Å²) in [5, 5.41) is 2.90. The normalized spacial score (nSPS) is 10.1. The first-order chi connectivity index (χ1) is 10.3. The van der Waals surface area contributed by atoms with Crippen LogP contribution in [0.4, 0.5) is 10.5 Å². The fourth-order valence-electron chi connectivity index (χ4n) is 1.98. The summed E-state index contributed by atoms with van der Waals surface area (Å²) in [5.41, 5.74) is 1.88. The minimum Gasteiger partial charge on any atom is -0.383 e. The van der Waals surface area contributed by atoms with Gasteiger partial charge in [-0.05, 0) is 17.7 Å². The molecule has 2 rings (SSSR count). The van der Waals surface area contributed by atoms with Gasteiger partial charge in [-0.2, -0.15) is 0 Å². The van der Waals surface area contributed by atoms with Gasteiger partial charge in [0.15, 0.2) is 0 Å². The van der Waals surface area contributed by atoms with Gasteiger partial charge in [0.25, 0.3) is 0 Å². The van der Waals surface area contributed by atoms with Gasteiger partial charge in [-0.25, -0.2) is 4.79 Å². The zero-order valence-corrected chi connectivity index (χ0v) is 12.2. The molecule has 1 N–H and O–H groups in total. The van der Waals surface area contributed by atoms with Crippen LogP contribution >= 0.6 is 0 Å². The van der Waals surface area contributed by atoms with Crippen molar-refractivity contribution in [1.82, 2.24) is 4.90 Å². The van der Waals surface area contributed by atoms with Crippen molar-refractivity contribution in [2.45, 2.75) is 6.54 Å². The smallest absolute Gasteiger partial charge is 0.322 e. The van der Waals surface area contributed by atoms with Crippen LogP contribution in [0.2, 0.25) is 0 Å². The zero-order valence-electron chi connectivity index (χ0n) is 12.2. The lowest BCUT2D eigenvalue weighted by molar-refractivity contribution is 0.153. The number of nitrogens with one attached hydrogen (secondary N) is 1. The van der Waals surface area contributed by atoms with E-state index in [1.165, 1.54) is 0 Å². The Bertz CT molecular complexity index is 543. The van der Waals surface area contributed by atoms with Gasteiger partial charge in [0, 0.05) is 25.9 Å². The van der Waals surface area contributed by atoms with E-state index >= 15 is 0 Å². The van der Waals surface area contributed by atoms with Crippen LogP contribution < -0.4 is 5.32 Å². The number of rotatable bonds is 6. The average molecular weight is 284 g/mol. The molecular weight excluding hydrogens is 264 g/mol. The summed E-state index contributed by atoms with van der Waals surface area (Å²) in [6.07, 6.45) is 0. The number of ether oxygens (including phenoxy) is 1. The highest BCUT2D eigenvalue weighted by atomic mass is 16.5. The number of amides is 2. The molecule has 0 aliphatic rings. The van der Waals surface area contributed by atoms with Crippen LogP contribution in [0.3, 0.4) is 0 Å². The third-order valence-corrected chi connectivity index (χ3v) is 3.09. The molecule has 0 heterocycles. The number of hydrogen-bond acceptors (Lipinski definition) is 2. The van der Waals surface area contributed by atoms with E-state index in [4.69, 9.17) is 4.74 Å². The second-order valence-electron chi connectivity index (χ2n) is 4.70. The predicted molar refractivity (Wildman–Crippen MR) is 84.2 cm³/mol. The molecule has 0 fully saturated rings. The first-order valence-corrected chi connectivity index (χ1v) is 6.93. The molecule has 0 bridgehead atoms. The topological polar surface area (TPSA) is 41.6 Å². The number of carbonyl (C=O) groups excluding carboxylic acids is 1. The van der Waals surface area contributed by atoms with E-state index in [1.54, 1.807) is 12.0 Å². The molecule has 2 aromatic rings. The van der Waals surface area contributed by atoms with Gasteiger partial charge in [-0.15, -0.1) is 0 Å². The number of anilines is 1. The summed E-state index contributed by atoms with van der Waals surface area (Å²) in [7, 11) is 1.63. The van der Waals surface area contributed by atoms with Crippen LogP contribution in [0.25, 0.3) is 0 Å². The molecule has 0 aliphatic carbocycles. The number of benzene rings is 2. The lowest BCUT2D eigenvalue weighted by atomic mass is 10.2. The molecule has 0 atom stereocenters. The van der Waals surface area contributed by atoms with E-state index in [0.29, 0.717) is 19.7 Å². The minimum absolute atomic E-state index is 0.123. The Balaban J connectivity index is 2.02.